The predicted octanol–water partition coefficient (Wildman–Crippen LogP) is 2.31. The van der Waals surface area contributed by atoms with Crippen LogP contribution in [-0.2, 0) is 9.53 Å². The normalized spacial score (nSPS) is 15.3. The number of fused-ring (bicyclic) bond motifs is 1. The third-order valence-corrected chi connectivity index (χ3v) is 6.80. The number of carbonyl (C=O) groups excluding carboxylic acids is 1. The molecule has 0 unspecified atom stereocenters. The van der Waals surface area contributed by atoms with Gasteiger partial charge in [0.2, 0.25) is 0 Å². The summed E-state index contributed by atoms with van der Waals surface area (Å²) >= 11 is 1.13. The Labute approximate surface area is 211 Å². The number of thiazole rings is 1. The van der Waals surface area contributed by atoms with Crippen molar-refractivity contribution < 1.29 is 19.0 Å². The molecular weight excluding hydrogens is 478 g/mol. The lowest BCUT2D eigenvalue weighted by atomic mass is 9.84. The fraction of sp³-hybridized carbons (Fsp3) is 0.222. The maximum atomic E-state index is 13.4. The summed E-state index contributed by atoms with van der Waals surface area (Å²) in [6, 6.07) is 16.5. The lowest BCUT2D eigenvalue weighted by Gasteiger charge is -2.24. The highest BCUT2D eigenvalue weighted by molar-refractivity contribution is 7.07. The number of nitrogens with two attached hydrogens (primary N) is 1. The van der Waals surface area contributed by atoms with Gasteiger partial charge in [-0.3, -0.25) is 9.36 Å². The molecule has 0 spiro atoms. The summed E-state index contributed by atoms with van der Waals surface area (Å²) in [4.78, 5) is 26.4. The number of methoxy groups -OCH3 is 1. The van der Waals surface area contributed by atoms with Crippen molar-refractivity contribution in [1.82, 2.24) is 4.57 Å². The summed E-state index contributed by atoms with van der Waals surface area (Å²) in [5.41, 5.74) is 7.67. The minimum Gasteiger partial charge on any atom is -0.494 e. The fourth-order valence-corrected chi connectivity index (χ4v) is 5.25. The maximum absolute atomic E-state index is 13.4. The Bertz CT molecular complexity index is 1540. The molecule has 0 aliphatic carbocycles. The molecule has 0 saturated heterocycles. The Morgan fingerprint density at radius 3 is 2.19 bits per heavy atom. The molecule has 1 aliphatic rings. The minimum absolute atomic E-state index is 0.00775. The number of aromatic nitrogens is 1. The zero-order valence-corrected chi connectivity index (χ0v) is 20.9. The monoisotopic (exact) mass is 503 g/mol. The first-order valence-corrected chi connectivity index (χ1v) is 12.2. The first kappa shape index (κ1) is 24.8. The number of rotatable bonds is 7. The van der Waals surface area contributed by atoms with Crippen molar-refractivity contribution >= 4 is 34.8 Å². The number of carbonyl (C=O) groups is 1. The van der Waals surface area contributed by atoms with Crippen LogP contribution in [0.1, 0.15) is 30.9 Å². The van der Waals surface area contributed by atoms with Crippen LogP contribution in [0, 0.1) is 11.3 Å². The molecule has 0 fully saturated rings. The van der Waals surface area contributed by atoms with E-state index in [2.05, 4.69) is 6.07 Å². The molecular formula is C27H25N3O5S. The number of hydrogen-bond acceptors (Lipinski definition) is 8. The molecule has 3 aromatic rings. The van der Waals surface area contributed by atoms with Gasteiger partial charge in [-0.15, -0.1) is 11.3 Å². The van der Waals surface area contributed by atoms with Gasteiger partial charge in [0.05, 0.1) is 48.0 Å². The SMILES string of the molecule is CCOc1ccc(/C=c2\sc3n(c2=O)C(N)=C(C#N)[C@H](c2ccc(OCC)cc2)C=3C(=O)OC)cc1. The predicted molar refractivity (Wildman–Crippen MR) is 138 cm³/mol. The fourth-order valence-electron chi connectivity index (χ4n) is 4.09. The Kier molecular flexibility index (Phi) is 7.27. The first-order chi connectivity index (χ1) is 17.4. The van der Waals surface area contributed by atoms with E-state index in [1.165, 1.54) is 11.7 Å². The van der Waals surface area contributed by atoms with Gasteiger partial charge in [-0.05, 0) is 55.3 Å². The summed E-state index contributed by atoms with van der Waals surface area (Å²) in [6.07, 6.45) is 1.72. The van der Waals surface area contributed by atoms with Crippen molar-refractivity contribution in [2.75, 3.05) is 20.3 Å². The molecule has 9 heteroatoms. The Morgan fingerprint density at radius 2 is 1.67 bits per heavy atom. The van der Waals surface area contributed by atoms with Crippen LogP contribution < -0.4 is 30.0 Å². The van der Waals surface area contributed by atoms with Crippen LogP contribution in [-0.4, -0.2) is 30.9 Å². The third kappa shape index (κ3) is 4.51. The van der Waals surface area contributed by atoms with Crippen molar-refractivity contribution in [2.45, 2.75) is 19.8 Å². The molecule has 4 rings (SSSR count). The maximum Gasteiger partial charge on any atom is 0.337 e. The molecule has 1 aliphatic heterocycles. The standard InChI is InChI=1S/C27H25N3O5S/c1-4-34-18-10-6-16(7-11-18)14-21-25(31)30-24(29)20(15-28)22(23(26(30)36-21)27(32)33-3)17-8-12-19(13-9-17)35-5-2/h6-14,22H,4-5,29H2,1-3H3/b21-14-/t22-/m0/s1. The number of nitriles is 1. The van der Waals surface area contributed by atoms with Gasteiger partial charge in [-0.25, -0.2) is 4.79 Å². The number of ether oxygens (including phenoxy) is 3. The van der Waals surface area contributed by atoms with Crippen molar-refractivity contribution in [3.05, 3.63) is 84.8 Å². The molecule has 36 heavy (non-hydrogen) atoms. The van der Waals surface area contributed by atoms with E-state index in [1.807, 2.05) is 38.1 Å². The van der Waals surface area contributed by atoms with Gasteiger partial charge in [0.15, 0.2) is 0 Å². The van der Waals surface area contributed by atoms with Crippen LogP contribution in [0.25, 0.3) is 17.5 Å². The van der Waals surface area contributed by atoms with E-state index in [9.17, 15) is 14.9 Å². The summed E-state index contributed by atoms with van der Waals surface area (Å²) in [5, 5.41) is 10.0. The van der Waals surface area contributed by atoms with Gasteiger partial charge in [-0.1, -0.05) is 24.3 Å². The second kappa shape index (κ2) is 10.5. The topological polar surface area (TPSA) is 117 Å². The summed E-state index contributed by atoms with van der Waals surface area (Å²) in [6.45, 7) is 4.85. The van der Waals surface area contributed by atoms with Crippen LogP contribution >= 0.6 is 11.3 Å². The molecule has 2 aromatic carbocycles. The first-order valence-electron chi connectivity index (χ1n) is 11.3. The van der Waals surface area contributed by atoms with Crippen molar-refractivity contribution in [3.8, 4) is 17.6 Å². The van der Waals surface area contributed by atoms with E-state index in [4.69, 9.17) is 19.9 Å². The van der Waals surface area contributed by atoms with Crippen molar-refractivity contribution in [3.63, 3.8) is 0 Å². The van der Waals surface area contributed by atoms with Gasteiger partial charge in [-0.2, -0.15) is 5.26 Å². The summed E-state index contributed by atoms with van der Waals surface area (Å²) < 4.78 is 18.0. The zero-order chi connectivity index (χ0) is 25.8. The zero-order valence-electron chi connectivity index (χ0n) is 20.1. The molecule has 2 heterocycles. The smallest absolute Gasteiger partial charge is 0.337 e. The van der Waals surface area contributed by atoms with E-state index in [1.54, 1.807) is 30.3 Å². The molecule has 1 aromatic heterocycles. The van der Waals surface area contributed by atoms with Gasteiger partial charge in [0.25, 0.3) is 5.56 Å². The highest BCUT2D eigenvalue weighted by atomic mass is 32.1. The number of nitrogens with zero attached hydrogens (tertiary/aromatic N) is 2. The van der Waals surface area contributed by atoms with Gasteiger partial charge in [0.1, 0.15) is 22.0 Å². The molecule has 0 amide bonds. The average Bonchev–Trinajstić information content (AvgIpc) is 3.21. The van der Waals surface area contributed by atoms with Gasteiger partial charge >= 0.3 is 5.97 Å². The highest BCUT2D eigenvalue weighted by Crippen LogP contribution is 2.37. The molecule has 0 radical (unpaired) electrons. The van der Waals surface area contributed by atoms with Crippen LogP contribution in [0.3, 0.4) is 0 Å². The van der Waals surface area contributed by atoms with E-state index in [0.717, 1.165) is 22.6 Å². The number of esters is 1. The lowest BCUT2D eigenvalue weighted by Crippen LogP contribution is -2.40. The quantitative estimate of drug-likeness (QED) is 0.492. The van der Waals surface area contributed by atoms with E-state index >= 15 is 0 Å². The third-order valence-electron chi connectivity index (χ3n) is 5.69. The molecule has 2 N–H and O–H groups in total. The second-order valence-electron chi connectivity index (χ2n) is 7.81. The second-order valence-corrected chi connectivity index (χ2v) is 8.84. The van der Waals surface area contributed by atoms with E-state index in [0.29, 0.717) is 33.7 Å². The van der Waals surface area contributed by atoms with Crippen molar-refractivity contribution in [1.29, 1.82) is 5.26 Å². The minimum atomic E-state index is -0.797. The van der Waals surface area contributed by atoms with Crippen LogP contribution in [0.2, 0.25) is 0 Å². The molecule has 1 atom stereocenters. The number of hydrogen-bond donors (Lipinski definition) is 1. The molecule has 8 nitrogen and oxygen atoms in total. The van der Waals surface area contributed by atoms with E-state index < -0.39 is 17.4 Å². The summed E-state index contributed by atoms with van der Waals surface area (Å²) in [7, 11) is 1.27. The van der Waals surface area contributed by atoms with E-state index in [-0.39, 0.29) is 17.0 Å². The van der Waals surface area contributed by atoms with Crippen LogP contribution in [0.15, 0.2) is 58.9 Å². The van der Waals surface area contributed by atoms with Gasteiger partial charge < -0.3 is 19.9 Å². The summed E-state index contributed by atoms with van der Waals surface area (Å²) in [5.74, 6) is -0.0625. The molecule has 184 valence electrons. The number of allylic oxidation sites excluding steroid dienone is 1. The van der Waals surface area contributed by atoms with Crippen molar-refractivity contribution in [2.24, 2.45) is 5.73 Å². The number of benzene rings is 2. The average molecular weight is 504 g/mol. The van der Waals surface area contributed by atoms with Crippen LogP contribution in [0.4, 0.5) is 0 Å². The van der Waals surface area contributed by atoms with Gasteiger partial charge in [0, 0.05) is 0 Å². The molecule has 0 saturated carbocycles. The Balaban J connectivity index is 1.96. The largest absolute Gasteiger partial charge is 0.494 e. The Hall–Kier alpha value is -4.29. The highest BCUT2D eigenvalue weighted by Gasteiger charge is 2.36. The van der Waals surface area contributed by atoms with Crippen LogP contribution in [0.5, 0.6) is 11.5 Å². The lowest BCUT2D eigenvalue weighted by molar-refractivity contribution is -0.134. The molecule has 0 bridgehead atoms. The Morgan fingerprint density at radius 1 is 1.08 bits per heavy atom.